The summed E-state index contributed by atoms with van der Waals surface area (Å²) in [7, 11) is 0. The maximum absolute atomic E-state index is 12.9. The summed E-state index contributed by atoms with van der Waals surface area (Å²) >= 11 is 0. The Kier molecular flexibility index (Phi) is 7.09. The quantitative estimate of drug-likeness (QED) is 0.454. The number of fused-ring (bicyclic) bond motifs is 2. The molecule has 0 spiro atoms. The van der Waals surface area contributed by atoms with Gasteiger partial charge in [-0.3, -0.25) is 9.59 Å². The van der Waals surface area contributed by atoms with E-state index < -0.39 is 12.0 Å². The number of aromatic nitrogens is 2. The summed E-state index contributed by atoms with van der Waals surface area (Å²) in [5.74, 6) is 1.29. The van der Waals surface area contributed by atoms with Gasteiger partial charge in [-0.1, -0.05) is 38.0 Å². The third-order valence-corrected chi connectivity index (χ3v) is 5.34. The van der Waals surface area contributed by atoms with E-state index in [2.05, 4.69) is 17.3 Å². The Bertz CT molecular complexity index is 1190. The van der Waals surface area contributed by atoms with Gasteiger partial charge in [0.1, 0.15) is 18.5 Å². The van der Waals surface area contributed by atoms with Gasteiger partial charge in [-0.2, -0.15) is 5.10 Å². The first-order valence-corrected chi connectivity index (χ1v) is 11.1. The standard InChI is InChI=1S/C24H27N3O6/c1-2-3-6-11-27-24(30)19-8-5-4-7-18(19)22(26-27)23(29)25-13-16(28)14-31-17-9-10-20-21(12-17)33-15-32-20/h4-5,7-10,12,16,28H,2-3,6,11,13-15H2,1H3,(H,25,29). The molecule has 3 aromatic rings. The van der Waals surface area contributed by atoms with Crippen molar-refractivity contribution < 1.29 is 24.1 Å². The molecule has 9 nitrogen and oxygen atoms in total. The number of aliphatic hydroxyl groups is 1. The predicted octanol–water partition coefficient (Wildman–Crippen LogP) is 2.49. The van der Waals surface area contributed by atoms with Crippen LogP contribution in [0.4, 0.5) is 0 Å². The topological polar surface area (TPSA) is 112 Å². The monoisotopic (exact) mass is 453 g/mol. The van der Waals surface area contributed by atoms with E-state index in [1.165, 1.54) is 4.68 Å². The predicted molar refractivity (Wildman–Crippen MR) is 122 cm³/mol. The summed E-state index contributed by atoms with van der Waals surface area (Å²) in [6.07, 6.45) is 1.85. The van der Waals surface area contributed by atoms with E-state index >= 15 is 0 Å². The van der Waals surface area contributed by atoms with Gasteiger partial charge in [0, 0.05) is 24.5 Å². The van der Waals surface area contributed by atoms with Crippen molar-refractivity contribution in [3.8, 4) is 17.2 Å². The molecule has 0 bridgehead atoms. The zero-order valence-electron chi connectivity index (χ0n) is 18.5. The largest absolute Gasteiger partial charge is 0.491 e. The molecule has 2 heterocycles. The van der Waals surface area contributed by atoms with Crippen molar-refractivity contribution in [2.24, 2.45) is 0 Å². The van der Waals surface area contributed by atoms with Gasteiger partial charge in [0.05, 0.1) is 5.39 Å². The number of hydrogen-bond acceptors (Lipinski definition) is 7. The Labute approximate surface area is 190 Å². The number of benzene rings is 2. The number of rotatable bonds is 10. The molecule has 9 heteroatoms. The number of nitrogens with one attached hydrogen (secondary N) is 1. The molecule has 0 saturated heterocycles. The maximum atomic E-state index is 12.9. The summed E-state index contributed by atoms with van der Waals surface area (Å²) in [4.78, 5) is 25.6. The molecular weight excluding hydrogens is 426 g/mol. The second-order valence-corrected chi connectivity index (χ2v) is 7.82. The summed E-state index contributed by atoms with van der Waals surface area (Å²) in [5, 5.41) is 18.2. The Hall–Kier alpha value is -3.59. The molecule has 0 aliphatic carbocycles. The van der Waals surface area contributed by atoms with E-state index in [0.29, 0.717) is 34.6 Å². The van der Waals surface area contributed by atoms with Crippen LogP contribution >= 0.6 is 0 Å². The lowest BCUT2D eigenvalue weighted by Gasteiger charge is -2.15. The average molecular weight is 453 g/mol. The summed E-state index contributed by atoms with van der Waals surface area (Å²) in [5.41, 5.74) is -0.0546. The maximum Gasteiger partial charge on any atom is 0.274 e. The fraction of sp³-hybridized carbons (Fsp3) is 0.375. The van der Waals surface area contributed by atoms with Gasteiger partial charge in [-0.05, 0) is 24.6 Å². The van der Waals surface area contributed by atoms with Crippen molar-refractivity contribution in [1.82, 2.24) is 15.1 Å². The number of amides is 1. The van der Waals surface area contributed by atoms with Crippen LogP contribution in [0.1, 0.15) is 36.7 Å². The van der Waals surface area contributed by atoms with Crippen LogP contribution in [0.25, 0.3) is 10.8 Å². The molecule has 174 valence electrons. The molecule has 1 aliphatic heterocycles. The number of carbonyl (C=O) groups excluding carboxylic acids is 1. The third kappa shape index (κ3) is 5.25. The van der Waals surface area contributed by atoms with Crippen LogP contribution in [0, 0.1) is 0 Å². The highest BCUT2D eigenvalue weighted by Gasteiger charge is 2.18. The van der Waals surface area contributed by atoms with E-state index in [4.69, 9.17) is 14.2 Å². The third-order valence-electron chi connectivity index (χ3n) is 5.34. The first-order chi connectivity index (χ1) is 16.1. The van der Waals surface area contributed by atoms with Crippen LogP contribution in [0.15, 0.2) is 47.3 Å². The van der Waals surface area contributed by atoms with Crippen LogP contribution in [-0.2, 0) is 6.54 Å². The molecule has 0 saturated carbocycles. The molecule has 2 N–H and O–H groups in total. The van der Waals surface area contributed by atoms with Crippen molar-refractivity contribution in [3.63, 3.8) is 0 Å². The number of hydrogen-bond donors (Lipinski definition) is 2. The van der Waals surface area contributed by atoms with Crippen molar-refractivity contribution in [3.05, 3.63) is 58.5 Å². The van der Waals surface area contributed by atoms with Gasteiger partial charge >= 0.3 is 0 Å². The lowest BCUT2D eigenvalue weighted by atomic mass is 10.1. The molecule has 1 aliphatic rings. The van der Waals surface area contributed by atoms with Crippen molar-refractivity contribution >= 4 is 16.7 Å². The second-order valence-electron chi connectivity index (χ2n) is 7.82. The van der Waals surface area contributed by atoms with E-state index in [9.17, 15) is 14.7 Å². The molecule has 1 amide bonds. The number of nitrogens with zero attached hydrogens (tertiary/aromatic N) is 2. The molecule has 4 rings (SSSR count). The van der Waals surface area contributed by atoms with Gasteiger partial charge in [-0.15, -0.1) is 0 Å². The highest BCUT2D eigenvalue weighted by atomic mass is 16.7. The number of aryl methyl sites for hydroxylation is 1. The minimum absolute atomic E-state index is 0.0232. The smallest absolute Gasteiger partial charge is 0.274 e. The summed E-state index contributed by atoms with van der Waals surface area (Å²) in [6.45, 7) is 2.64. The first-order valence-electron chi connectivity index (χ1n) is 11.1. The Morgan fingerprint density at radius 2 is 1.97 bits per heavy atom. The highest BCUT2D eigenvalue weighted by Crippen LogP contribution is 2.35. The number of aliphatic hydroxyl groups excluding tert-OH is 1. The minimum Gasteiger partial charge on any atom is -0.491 e. The number of unbranched alkanes of at least 4 members (excludes halogenated alkanes) is 2. The normalized spacial score (nSPS) is 13.2. The molecular formula is C24H27N3O6. The van der Waals surface area contributed by atoms with Crippen LogP contribution < -0.4 is 25.1 Å². The number of ether oxygens (including phenoxy) is 3. The lowest BCUT2D eigenvalue weighted by Crippen LogP contribution is -2.37. The fourth-order valence-corrected chi connectivity index (χ4v) is 3.58. The molecule has 0 radical (unpaired) electrons. The average Bonchev–Trinajstić information content (AvgIpc) is 3.31. The molecule has 1 atom stereocenters. The van der Waals surface area contributed by atoms with Crippen LogP contribution in [0.3, 0.4) is 0 Å². The van der Waals surface area contributed by atoms with E-state index in [-0.39, 0.29) is 31.2 Å². The van der Waals surface area contributed by atoms with Gasteiger partial charge in [0.15, 0.2) is 17.2 Å². The second kappa shape index (κ2) is 10.4. The minimum atomic E-state index is -0.943. The highest BCUT2D eigenvalue weighted by molar-refractivity contribution is 6.04. The lowest BCUT2D eigenvalue weighted by molar-refractivity contribution is 0.0839. The SMILES string of the molecule is CCCCCn1nc(C(=O)NCC(O)COc2ccc3c(c2)OCO3)c2ccccc2c1=O. The fourth-order valence-electron chi connectivity index (χ4n) is 3.58. The van der Waals surface area contributed by atoms with Gasteiger partial charge in [0.25, 0.3) is 11.5 Å². The van der Waals surface area contributed by atoms with Crippen molar-refractivity contribution in [2.45, 2.75) is 38.8 Å². The van der Waals surface area contributed by atoms with E-state index in [1.807, 2.05) is 0 Å². The molecule has 2 aromatic carbocycles. The summed E-state index contributed by atoms with van der Waals surface area (Å²) < 4.78 is 17.5. The van der Waals surface area contributed by atoms with E-state index in [0.717, 1.165) is 19.3 Å². The van der Waals surface area contributed by atoms with Gasteiger partial charge < -0.3 is 24.6 Å². The Morgan fingerprint density at radius 3 is 2.79 bits per heavy atom. The molecule has 33 heavy (non-hydrogen) atoms. The molecule has 0 fully saturated rings. The Morgan fingerprint density at radius 1 is 1.18 bits per heavy atom. The Balaban J connectivity index is 1.40. The zero-order chi connectivity index (χ0) is 23.2. The molecule has 1 aromatic heterocycles. The van der Waals surface area contributed by atoms with E-state index in [1.54, 1.807) is 42.5 Å². The van der Waals surface area contributed by atoms with Gasteiger partial charge in [-0.25, -0.2) is 4.68 Å². The van der Waals surface area contributed by atoms with Crippen molar-refractivity contribution in [2.75, 3.05) is 19.9 Å². The van der Waals surface area contributed by atoms with Crippen LogP contribution in [0.5, 0.6) is 17.2 Å². The van der Waals surface area contributed by atoms with Crippen LogP contribution in [0.2, 0.25) is 0 Å². The first kappa shape index (κ1) is 22.6. The van der Waals surface area contributed by atoms with Gasteiger partial charge in [0.2, 0.25) is 6.79 Å². The molecule has 1 unspecified atom stereocenters. The summed E-state index contributed by atoms with van der Waals surface area (Å²) in [6, 6.07) is 12.1. The zero-order valence-corrected chi connectivity index (χ0v) is 18.5. The van der Waals surface area contributed by atoms with Crippen molar-refractivity contribution in [1.29, 1.82) is 0 Å². The number of carbonyl (C=O) groups is 1. The van der Waals surface area contributed by atoms with Crippen LogP contribution in [-0.4, -0.2) is 46.8 Å².